The summed E-state index contributed by atoms with van der Waals surface area (Å²) in [6, 6.07) is 14.6. The Kier molecular flexibility index (Phi) is 6.73. The van der Waals surface area contributed by atoms with E-state index in [0.29, 0.717) is 43.3 Å². The molecule has 1 aliphatic heterocycles. The molecule has 0 saturated heterocycles. The highest BCUT2D eigenvalue weighted by Crippen LogP contribution is 2.41. The van der Waals surface area contributed by atoms with Gasteiger partial charge in [0.15, 0.2) is 0 Å². The standard InChI is InChI=1S/C26H22N4O5S/c1-32-15-6-5-14(20(10-15)34-3)9-22-25(31)30-24(29)18(12-27)23(19(13-28)26(30)36-22)17-8-7-16(33-2)11-21(17)35-4/h5-11,23H,29H2,1-4H3. The van der Waals surface area contributed by atoms with Crippen molar-refractivity contribution in [2.75, 3.05) is 28.4 Å². The molecule has 0 amide bonds. The number of rotatable bonds is 6. The topological polar surface area (TPSA) is 133 Å². The Morgan fingerprint density at radius 3 is 2.11 bits per heavy atom. The summed E-state index contributed by atoms with van der Waals surface area (Å²) in [7, 11) is 6.09. The molecule has 0 bridgehead atoms. The monoisotopic (exact) mass is 502 g/mol. The van der Waals surface area contributed by atoms with E-state index in [2.05, 4.69) is 12.1 Å². The summed E-state index contributed by atoms with van der Waals surface area (Å²) in [4.78, 5) is 13.4. The van der Waals surface area contributed by atoms with Crippen LogP contribution in [0.2, 0.25) is 0 Å². The van der Waals surface area contributed by atoms with Crippen LogP contribution in [0.1, 0.15) is 17.0 Å². The molecule has 2 aromatic carbocycles. The quantitative estimate of drug-likeness (QED) is 0.540. The van der Waals surface area contributed by atoms with Gasteiger partial charge in [-0.25, -0.2) is 0 Å². The maximum atomic E-state index is 13.4. The van der Waals surface area contributed by atoms with Crippen LogP contribution in [0, 0.1) is 22.7 Å². The summed E-state index contributed by atoms with van der Waals surface area (Å²) >= 11 is 1.11. The summed E-state index contributed by atoms with van der Waals surface area (Å²) < 4.78 is 23.4. The lowest BCUT2D eigenvalue weighted by atomic mass is 9.84. The minimum absolute atomic E-state index is 0.0306. The number of thiazole rings is 1. The third-order valence-electron chi connectivity index (χ3n) is 5.87. The normalized spacial score (nSPS) is 15.1. The molecule has 1 aliphatic rings. The van der Waals surface area contributed by atoms with E-state index in [-0.39, 0.29) is 17.0 Å². The Labute approximate surface area is 210 Å². The molecule has 1 aromatic heterocycles. The van der Waals surface area contributed by atoms with Gasteiger partial charge in [0.05, 0.1) is 62.2 Å². The molecule has 0 spiro atoms. The first-order chi connectivity index (χ1) is 17.4. The van der Waals surface area contributed by atoms with Crippen molar-refractivity contribution < 1.29 is 18.9 Å². The van der Waals surface area contributed by atoms with Crippen molar-refractivity contribution in [3.63, 3.8) is 0 Å². The van der Waals surface area contributed by atoms with Gasteiger partial charge >= 0.3 is 0 Å². The van der Waals surface area contributed by atoms with E-state index in [0.717, 1.165) is 11.3 Å². The highest BCUT2D eigenvalue weighted by molar-refractivity contribution is 7.07. The van der Waals surface area contributed by atoms with Gasteiger partial charge in [-0.2, -0.15) is 10.5 Å². The largest absolute Gasteiger partial charge is 0.497 e. The van der Waals surface area contributed by atoms with Gasteiger partial charge in [0.2, 0.25) is 0 Å². The molecule has 4 rings (SSSR count). The highest BCUT2D eigenvalue weighted by Gasteiger charge is 2.34. The Balaban J connectivity index is 2.03. The second-order valence-corrected chi connectivity index (χ2v) is 8.67. The smallest absolute Gasteiger partial charge is 0.274 e. The molecule has 2 N–H and O–H groups in total. The number of hydrogen-bond donors (Lipinski definition) is 1. The second-order valence-electron chi connectivity index (χ2n) is 7.64. The van der Waals surface area contributed by atoms with Gasteiger partial charge in [-0.05, 0) is 24.3 Å². The van der Waals surface area contributed by atoms with Gasteiger partial charge in [0.25, 0.3) is 5.56 Å². The lowest BCUT2D eigenvalue weighted by molar-refractivity contribution is 0.391. The highest BCUT2D eigenvalue weighted by atomic mass is 32.1. The fourth-order valence-corrected chi connectivity index (χ4v) is 5.22. The molecule has 0 radical (unpaired) electrons. The average Bonchev–Trinajstić information content (AvgIpc) is 3.23. The lowest BCUT2D eigenvalue weighted by Gasteiger charge is -2.24. The third-order valence-corrected chi connectivity index (χ3v) is 6.98. The zero-order valence-electron chi connectivity index (χ0n) is 20.0. The minimum Gasteiger partial charge on any atom is -0.497 e. The number of allylic oxidation sites excluding steroid dienone is 1. The Morgan fingerprint density at radius 1 is 0.917 bits per heavy atom. The Morgan fingerprint density at radius 2 is 1.53 bits per heavy atom. The van der Waals surface area contributed by atoms with Crippen LogP contribution in [-0.2, 0) is 0 Å². The van der Waals surface area contributed by atoms with Gasteiger partial charge in [-0.15, -0.1) is 11.3 Å². The van der Waals surface area contributed by atoms with E-state index in [4.69, 9.17) is 24.7 Å². The number of aromatic nitrogens is 1. The Hall–Kier alpha value is -4.67. The number of nitrogens with zero attached hydrogens (tertiary/aromatic N) is 3. The van der Waals surface area contributed by atoms with Crippen molar-refractivity contribution in [3.8, 4) is 35.1 Å². The summed E-state index contributed by atoms with van der Waals surface area (Å²) in [5.74, 6) is 1.25. The van der Waals surface area contributed by atoms with E-state index in [1.165, 1.54) is 25.9 Å². The average molecular weight is 503 g/mol. The molecule has 10 heteroatoms. The molecule has 2 heterocycles. The molecular formula is C26H22N4O5S. The van der Waals surface area contributed by atoms with E-state index in [9.17, 15) is 15.3 Å². The number of nitriles is 2. The zero-order valence-corrected chi connectivity index (χ0v) is 20.8. The first-order valence-electron chi connectivity index (χ1n) is 10.6. The maximum absolute atomic E-state index is 13.4. The van der Waals surface area contributed by atoms with Crippen LogP contribution in [0.3, 0.4) is 0 Å². The number of nitrogens with two attached hydrogens (primary N) is 1. The number of benzene rings is 2. The van der Waals surface area contributed by atoms with Crippen molar-refractivity contribution in [2.24, 2.45) is 5.73 Å². The first-order valence-corrected chi connectivity index (χ1v) is 11.5. The molecule has 182 valence electrons. The van der Waals surface area contributed by atoms with Crippen molar-refractivity contribution >= 4 is 28.8 Å². The number of methoxy groups -OCH3 is 4. The summed E-state index contributed by atoms with van der Waals surface area (Å²) in [5, 5.41) is 20.2. The first kappa shape index (κ1) is 24.5. The molecule has 9 nitrogen and oxygen atoms in total. The van der Waals surface area contributed by atoms with E-state index in [1.807, 2.05) is 0 Å². The summed E-state index contributed by atoms with van der Waals surface area (Å²) in [5.41, 5.74) is 7.44. The molecule has 0 aliphatic carbocycles. The van der Waals surface area contributed by atoms with Crippen molar-refractivity contribution in [1.82, 2.24) is 4.57 Å². The molecule has 1 unspecified atom stereocenters. The van der Waals surface area contributed by atoms with Crippen LogP contribution in [0.15, 0.2) is 46.8 Å². The van der Waals surface area contributed by atoms with E-state index >= 15 is 0 Å². The van der Waals surface area contributed by atoms with Crippen molar-refractivity contribution in [3.05, 3.63) is 72.6 Å². The van der Waals surface area contributed by atoms with E-state index in [1.54, 1.807) is 49.6 Å². The number of hydrogen-bond acceptors (Lipinski definition) is 9. The van der Waals surface area contributed by atoms with Gasteiger partial charge < -0.3 is 24.7 Å². The SMILES string of the molecule is COc1ccc(C=c2sc3n(c2=O)C(N)=C(C#N)C(c2ccc(OC)cc2OC)C=3C#N)c(OC)c1. The fraction of sp³-hybridized carbons (Fsp3) is 0.192. The molecule has 0 saturated carbocycles. The maximum Gasteiger partial charge on any atom is 0.274 e. The minimum atomic E-state index is -0.817. The predicted molar refractivity (Wildman–Crippen MR) is 135 cm³/mol. The van der Waals surface area contributed by atoms with Crippen LogP contribution >= 0.6 is 11.3 Å². The van der Waals surface area contributed by atoms with Crippen LogP contribution in [0.5, 0.6) is 23.0 Å². The van der Waals surface area contributed by atoms with Crippen LogP contribution in [0.4, 0.5) is 0 Å². The van der Waals surface area contributed by atoms with Gasteiger partial charge in [-0.3, -0.25) is 9.36 Å². The number of ether oxygens (including phenoxy) is 4. The van der Waals surface area contributed by atoms with Crippen LogP contribution < -0.4 is 39.4 Å². The van der Waals surface area contributed by atoms with Crippen molar-refractivity contribution in [2.45, 2.75) is 5.92 Å². The molecule has 0 fully saturated rings. The predicted octanol–water partition coefficient (Wildman–Crippen LogP) is 1.90. The summed E-state index contributed by atoms with van der Waals surface area (Å²) in [6.07, 6.45) is 1.66. The Bertz CT molecular complexity index is 1650. The molecule has 1 atom stereocenters. The van der Waals surface area contributed by atoms with Gasteiger partial charge in [0.1, 0.15) is 33.5 Å². The summed E-state index contributed by atoms with van der Waals surface area (Å²) in [6.45, 7) is 0. The second kappa shape index (κ2) is 9.90. The fourth-order valence-electron chi connectivity index (χ4n) is 4.10. The van der Waals surface area contributed by atoms with Gasteiger partial charge in [0, 0.05) is 23.3 Å². The molecule has 3 aromatic rings. The van der Waals surface area contributed by atoms with Crippen LogP contribution in [0.25, 0.3) is 17.5 Å². The third kappa shape index (κ3) is 3.94. The number of fused-ring (bicyclic) bond motifs is 1. The molecular weight excluding hydrogens is 480 g/mol. The van der Waals surface area contributed by atoms with Gasteiger partial charge in [-0.1, -0.05) is 6.07 Å². The lowest BCUT2D eigenvalue weighted by Crippen LogP contribution is -2.38. The van der Waals surface area contributed by atoms with Crippen LogP contribution in [-0.4, -0.2) is 33.0 Å². The van der Waals surface area contributed by atoms with E-state index < -0.39 is 11.5 Å². The molecule has 36 heavy (non-hydrogen) atoms. The zero-order chi connectivity index (χ0) is 26.0. The van der Waals surface area contributed by atoms with Crippen molar-refractivity contribution in [1.29, 1.82) is 10.5 Å².